The number of hydrogen-bond acceptors (Lipinski definition) is 3. The second-order valence-corrected chi connectivity index (χ2v) is 9.54. The Bertz CT molecular complexity index is 907. The lowest BCUT2D eigenvalue weighted by atomic mass is 9.63. The molecule has 0 spiro atoms. The van der Waals surface area contributed by atoms with Gasteiger partial charge in [-0.3, -0.25) is 0 Å². The van der Waals surface area contributed by atoms with E-state index in [0.717, 1.165) is 24.5 Å². The van der Waals surface area contributed by atoms with Crippen LogP contribution in [-0.2, 0) is 25.5 Å². The molecule has 0 unspecified atom stereocenters. The monoisotopic (exact) mass is 360 g/mol. The van der Waals surface area contributed by atoms with Gasteiger partial charge in [-0.05, 0) is 59.9 Å². The highest BCUT2D eigenvalue weighted by Gasteiger charge is 2.37. The van der Waals surface area contributed by atoms with E-state index in [1.807, 2.05) is 6.07 Å². The standard InChI is InChI=1S/C20H24O4S/c1-14(18(21)22)7-6-12-25(23,24)15-8-9-16-17(13-15)20(4,5)11-10-19(16,2)3/h7-9,13H,10-11H2,1-5H3,(H,21,22). The van der Waals surface area contributed by atoms with Gasteiger partial charge >= 0.3 is 5.97 Å². The fraction of sp³-hybridized carbons (Fsp3) is 0.450. The van der Waals surface area contributed by atoms with E-state index in [-0.39, 0.29) is 21.3 Å². The van der Waals surface area contributed by atoms with Crippen LogP contribution in [0.4, 0.5) is 0 Å². The third-order valence-electron chi connectivity index (χ3n) is 4.95. The third-order valence-corrected chi connectivity index (χ3v) is 6.22. The predicted molar refractivity (Wildman–Crippen MR) is 98.1 cm³/mol. The Morgan fingerprint density at radius 3 is 2.24 bits per heavy atom. The molecule has 0 radical (unpaired) electrons. The van der Waals surface area contributed by atoms with E-state index < -0.39 is 15.8 Å². The van der Waals surface area contributed by atoms with Gasteiger partial charge in [0, 0.05) is 10.8 Å². The van der Waals surface area contributed by atoms with Gasteiger partial charge in [-0.15, -0.1) is 0 Å². The minimum atomic E-state index is -3.80. The fourth-order valence-corrected chi connectivity index (χ4v) is 3.92. The molecule has 134 valence electrons. The first-order valence-electron chi connectivity index (χ1n) is 8.19. The normalized spacial score (nSPS) is 18.7. The number of carboxylic acids is 1. The lowest BCUT2D eigenvalue weighted by Crippen LogP contribution is -2.34. The molecule has 0 bridgehead atoms. The van der Waals surface area contributed by atoms with Crippen LogP contribution >= 0.6 is 0 Å². The summed E-state index contributed by atoms with van der Waals surface area (Å²) in [4.78, 5) is 10.9. The largest absolute Gasteiger partial charge is 0.478 e. The number of hydrogen-bond donors (Lipinski definition) is 1. The summed E-state index contributed by atoms with van der Waals surface area (Å²) in [6.45, 7) is 9.97. The summed E-state index contributed by atoms with van der Waals surface area (Å²) in [5, 5.41) is 11.0. The van der Waals surface area contributed by atoms with Crippen molar-refractivity contribution in [1.29, 1.82) is 0 Å². The number of sulfone groups is 1. The Morgan fingerprint density at radius 2 is 1.68 bits per heavy atom. The van der Waals surface area contributed by atoms with Crippen molar-refractivity contribution in [3.05, 3.63) is 41.0 Å². The van der Waals surface area contributed by atoms with E-state index in [2.05, 4.69) is 38.9 Å². The molecule has 1 aliphatic rings. The molecule has 0 saturated carbocycles. The van der Waals surface area contributed by atoms with Crippen molar-refractivity contribution in [3.8, 4) is 11.2 Å². The van der Waals surface area contributed by atoms with Crippen LogP contribution in [0.5, 0.6) is 0 Å². The molecule has 2 rings (SSSR count). The average Bonchev–Trinajstić information content (AvgIpc) is 2.51. The second kappa shape index (κ2) is 6.34. The molecular formula is C20H24O4S. The molecule has 0 aromatic heterocycles. The maximum atomic E-state index is 12.5. The highest BCUT2D eigenvalue weighted by Crippen LogP contribution is 2.46. The maximum absolute atomic E-state index is 12.5. The maximum Gasteiger partial charge on any atom is 0.331 e. The Morgan fingerprint density at radius 1 is 1.12 bits per heavy atom. The van der Waals surface area contributed by atoms with Gasteiger partial charge in [0.2, 0.25) is 9.84 Å². The molecule has 5 heteroatoms. The molecule has 25 heavy (non-hydrogen) atoms. The number of allylic oxidation sites excluding steroid dienone is 1. The quantitative estimate of drug-likeness (QED) is 0.495. The zero-order chi connectivity index (χ0) is 19.0. The highest BCUT2D eigenvalue weighted by atomic mass is 32.2. The van der Waals surface area contributed by atoms with Crippen molar-refractivity contribution < 1.29 is 18.3 Å². The van der Waals surface area contributed by atoms with E-state index in [1.54, 1.807) is 12.1 Å². The van der Waals surface area contributed by atoms with Crippen molar-refractivity contribution in [2.24, 2.45) is 0 Å². The van der Waals surface area contributed by atoms with Crippen molar-refractivity contribution in [2.75, 3.05) is 0 Å². The summed E-state index contributed by atoms with van der Waals surface area (Å²) in [6, 6.07) is 5.22. The number of fused-ring (bicyclic) bond motifs is 1. The van der Waals surface area contributed by atoms with Crippen LogP contribution in [0, 0.1) is 11.2 Å². The molecule has 1 aliphatic carbocycles. The topological polar surface area (TPSA) is 71.4 Å². The molecule has 0 amide bonds. The summed E-state index contributed by atoms with van der Waals surface area (Å²) >= 11 is 0. The van der Waals surface area contributed by atoms with Gasteiger partial charge in [0.05, 0.1) is 4.90 Å². The van der Waals surface area contributed by atoms with Crippen LogP contribution in [-0.4, -0.2) is 19.5 Å². The van der Waals surface area contributed by atoms with Gasteiger partial charge in [0.15, 0.2) is 0 Å². The van der Waals surface area contributed by atoms with E-state index in [1.165, 1.54) is 12.5 Å². The minimum absolute atomic E-state index is 0.00368. The molecule has 4 nitrogen and oxygen atoms in total. The minimum Gasteiger partial charge on any atom is -0.478 e. The first-order chi connectivity index (χ1) is 11.4. The fourth-order valence-electron chi connectivity index (χ4n) is 3.07. The van der Waals surface area contributed by atoms with Gasteiger partial charge < -0.3 is 5.11 Å². The Labute approximate surface area is 149 Å². The second-order valence-electron chi connectivity index (χ2n) is 7.86. The van der Waals surface area contributed by atoms with Crippen LogP contribution in [0.3, 0.4) is 0 Å². The van der Waals surface area contributed by atoms with E-state index in [9.17, 15) is 13.2 Å². The van der Waals surface area contributed by atoms with E-state index in [4.69, 9.17) is 5.11 Å². The molecule has 1 N–H and O–H groups in total. The zero-order valence-electron chi connectivity index (χ0n) is 15.3. The number of carbonyl (C=O) groups is 1. The first-order valence-corrected chi connectivity index (χ1v) is 9.67. The first kappa shape index (κ1) is 19.3. The molecule has 0 atom stereocenters. The molecule has 0 saturated heterocycles. The number of benzene rings is 1. The molecule has 1 aromatic rings. The Balaban J connectivity index is 2.50. The number of carboxylic acid groups (broad SMARTS) is 1. The zero-order valence-corrected chi connectivity index (χ0v) is 16.1. The van der Waals surface area contributed by atoms with Crippen LogP contribution in [0.2, 0.25) is 0 Å². The highest BCUT2D eigenvalue weighted by molar-refractivity contribution is 7.96. The van der Waals surface area contributed by atoms with Crippen LogP contribution in [0.25, 0.3) is 0 Å². The summed E-state index contributed by atoms with van der Waals surface area (Å²) in [5.41, 5.74) is 2.14. The van der Waals surface area contributed by atoms with Crippen molar-refractivity contribution in [3.63, 3.8) is 0 Å². The number of rotatable bonds is 2. The number of aliphatic carboxylic acids is 1. The van der Waals surface area contributed by atoms with Gasteiger partial charge in [-0.1, -0.05) is 39.7 Å². The van der Waals surface area contributed by atoms with E-state index >= 15 is 0 Å². The van der Waals surface area contributed by atoms with Crippen LogP contribution in [0.1, 0.15) is 58.6 Å². The molecular weight excluding hydrogens is 336 g/mol. The van der Waals surface area contributed by atoms with Gasteiger partial charge in [0.1, 0.15) is 0 Å². The summed E-state index contributed by atoms with van der Waals surface area (Å²) in [5.74, 6) is 1.22. The SMILES string of the molecule is CC(=CC#CS(=O)(=O)c1ccc2c(c1)C(C)(C)CCC2(C)C)C(=O)O. The van der Waals surface area contributed by atoms with Gasteiger partial charge in [-0.25, -0.2) is 13.2 Å². The molecule has 0 heterocycles. The smallest absolute Gasteiger partial charge is 0.331 e. The molecule has 0 aliphatic heterocycles. The summed E-state index contributed by atoms with van der Waals surface area (Å²) in [7, 11) is -3.80. The summed E-state index contributed by atoms with van der Waals surface area (Å²) < 4.78 is 25.0. The summed E-state index contributed by atoms with van der Waals surface area (Å²) in [6.07, 6.45) is 3.15. The predicted octanol–water partition coefficient (Wildman–Crippen LogP) is 3.80. The van der Waals surface area contributed by atoms with Crippen LogP contribution in [0.15, 0.2) is 34.7 Å². The van der Waals surface area contributed by atoms with Gasteiger partial charge in [0.25, 0.3) is 0 Å². The van der Waals surface area contributed by atoms with Crippen molar-refractivity contribution in [2.45, 2.75) is 63.2 Å². The lowest BCUT2D eigenvalue weighted by molar-refractivity contribution is -0.132. The Hall–Kier alpha value is -2.06. The van der Waals surface area contributed by atoms with Crippen molar-refractivity contribution in [1.82, 2.24) is 0 Å². The lowest BCUT2D eigenvalue weighted by Gasteiger charge is -2.41. The molecule has 1 aromatic carbocycles. The molecule has 0 fully saturated rings. The van der Waals surface area contributed by atoms with Crippen LogP contribution < -0.4 is 0 Å². The average molecular weight is 360 g/mol. The van der Waals surface area contributed by atoms with Gasteiger partial charge in [-0.2, -0.15) is 0 Å². The third kappa shape index (κ3) is 3.96. The Kier molecular flexibility index (Phi) is 4.89. The van der Waals surface area contributed by atoms with Crippen molar-refractivity contribution >= 4 is 15.8 Å². The van der Waals surface area contributed by atoms with E-state index in [0.29, 0.717) is 0 Å².